The van der Waals surface area contributed by atoms with E-state index in [1.54, 1.807) is 6.92 Å². The summed E-state index contributed by atoms with van der Waals surface area (Å²) in [5, 5.41) is 1.23. The van der Waals surface area contributed by atoms with Crippen molar-refractivity contribution in [2.45, 2.75) is 19.2 Å². The lowest BCUT2D eigenvalue weighted by atomic mass is 10.2. The zero-order valence-corrected chi connectivity index (χ0v) is 9.94. The summed E-state index contributed by atoms with van der Waals surface area (Å²) < 4.78 is 37.2. The van der Waals surface area contributed by atoms with Gasteiger partial charge in [0.15, 0.2) is 0 Å². The van der Waals surface area contributed by atoms with Crippen LogP contribution in [0.3, 0.4) is 0 Å². The van der Waals surface area contributed by atoms with Gasteiger partial charge in [-0.1, -0.05) is 0 Å². The second-order valence-corrected chi connectivity index (χ2v) is 4.07. The molecule has 1 atom stereocenters. The molecule has 0 radical (unpaired) electrons. The topological polar surface area (TPSA) is 55.6 Å². The molecule has 0 spiro atoms. The maximum absolute atomic E-state index is 12.4. The Labute approximate surface area is 107 Å². The Morgan fingerprint density at radius 2 is 1.89 bits per heavy atom. The van der Waals surface area contributed by atoms with Gasteiger partial charge in [-0.05, 0) is 31.2 Å². The molecular formula is C12H11F3N2O2. The first kappa shape index (κ1) is 13.4. The molecular weight excluding hydrogens is 261 g/mol. The van der Waals surface area contributed by atoms with Crippen LogP contribution in [0.4, 0.5) is 18.9 Å². The summed E-state index contributed by atoms with van der Waals surface area (Å²) in [6, 6.07) is 4.41. The van der Waals surface area contributed by atoms with E-state index >= 15 is 0 Å². The van der Waals surface area contributed by atoms with Gasteiger partial charge in [0.1, 0.15) is 6.10 Å². The number of carbonyl (C=O) groups excluding carboxylic acids is 1. The van der Waals surface area contributed by atoms with Gasteiger partial charge in [-0.25, -0.2) is 5.06 Å². The van der Waals surface area contributed by atoms with Crippen molar-refractivity contribution >= 4 is 11.6 Å². The number of rotatable bonds is 2. The molecule has 1 amide bonds. The molecule has 19 heavy (non-hydrogen) atoms. The van der Waals surface area contributed by atoms with E-state index in [9.17, 15) is 18.0 Å². The van der Waals surface area contributed by atoms with Crippen molar-refractivity contribution < 1.29 is 22.8 Å². The molecule has 2 rings (SSSR count). The molecule has 1 aliphatic heterocycles. The third-order valence-electron chi connectivity index (χ3n) is 2.70. The molecule has 0 aliphatic carbocycles. The number of anilines is 1. The summed E-state index contributed by atoms with van der Waals surface area (Å²) in [6.07, 6.45) is -3.54. The molecule has 1 aliphatic rings. The fourth-order valence-corrected chi connectivity index (χ4v) is 1.69. The minimum Gasteiger partial charge on any atom is -0.366 e. The van der Waals surface area contributed by atoms with Gasteiger partial charge in [-0.3, -0.25) is 9.63 Å². The zero-order chi connectivity index (χ0) is 14.2. The van der Waals surface area contributed by atoms with Crippen LogP contribution in [0.2, 0.25) is 0 Å². The molecule has 1 aromatic rings. The highest BCUT2D eigenvalue weighted by molar-refractivity contribution is 5.93. The highest BCUT2D eigenvalue weighted by atomic mass is 19.4. The van der Waals surface area contributed by atoms with Crippen LogP contribution in [0.15, 0.2) is 36.0 Å². The van der Waals surface area contributed by atoms with E-state index in [4.69, 9.17) is 10.6 Å². The molecule has 4 nitrogen and oxygen atoms in total. The number of primary amides is 1. The average Bonchev–Trinajstić information content (AvgIpc) is 2.70. The third-order valence-corrected chi connectivity index (χ3v) is 2.70. The van der Waals surface area contributed by atoms with Gasteiger partial charge in [0.25, 0.3) is 0 Å². The van der Waals surface area contributed by atoms with Crippen LogP contribution in [-0.2, 0) is 15.8 Å². The minimum atomic E-state index is -4.38. The minimum absolute atomic E-state index is 0.264. The van der Waals surface area contributed by atoms with Crippen molar-refractivity contribution in [1.29, 1.82) is 0 Å². The lowest BCUT2D eigenvalue weighted by Gasteiger charge is -2.17. The van der Waals surface area contributed by atoms with Gasteiger partial charge in [-0.15, -0.1) is 0 Å². The second-order valence-electron chi connectivity index (χ2n) is 4.07. The average molecular weight is 272 g/mol. The van der Waals surface area contributed by atoms with Crippen LogP contribution < -0.4 is 10.8 Å². The number of hydrogen-bond acceptors (Lipinski definition) is 3. The molecule has 0 fully saturated rings. The Hall–Kier alpha value is -2.02. The Kier molecular flexibility index (Phi) is 3.23. The SMILES string of the molecule is CC1ON(c2ccc(C(F)(F)F)cc2)C=C1C(N)=O. The lowest BCUT2D eigenvalue weighted by molar-refractivity contribution is -0.137. The Balaban J connectivity index is 2.23. The summed E-state index contributed by atoms with van der Waals surface area (Å²) in [6.45, 7) is 1.63. The zero-order valence-electron chi connectivity index (χ0n) is 9.94. The Bertz CT molecular complexity index is 523. The van der Waals surface area contributed by atoms with Crippen molar-refractivity contribution in [3.05, 3.63) is 41.6 Å². The molecule has 2 N–H and O–H groups in total. The molecule has 0 aromatic heterocycles. The van der Waals surface area contributed by atoms with Gasteiger partial charge in [0.2, 0.25) is 5.91 Å². The van der Waals surface area contributed by atoms with Crippen LogP contribution in [0.1, 0.15) is 12.5 Å². The van der Waals surface area contributed by atoms with Gasteiger partial charge >= 0.3 is 6.18 Å². The van der Waals surface area contributed by atoms with Gasteiger partial charge in [-0.2, -0.15) is 13.2 Å². The molecule has 0 saturated heterocycles. The number of alkyl halides is 3. The van der Waals surface area contributed by atoms with E-state index < -0.39 is 23.8 Å². The highest BCUT2D eigenvalue weighted by Crippen LogP contribution is 2.32. The molecule has 1 heterocycles. The first-order chi connectivity index (χ1) is 8.79. The summed E-state index contributed by atoms with van der Waals surface area (Å²) in [7, 11) is 0. The first-order valence-electron chi connectivity index (χ1n) is 5.44. The van der Waals surface area contributed by atoms with Crippen LogP contribution in [0.25, 0.3) is 0 Å². The van der Waals surface area contributed by atoms with Crippen molar-refractivity contribution in [3.8, 4) is 0 Å². The van der Waals surface area contributed by atoms with Gasteiger partial charge in [0, 0.05) is 6.20 Å². The Morgan fingerprint density at radius 1 is 1.32 bits per heavy atom. The van der Waals surface area contributed by atoms with Crippen LogP contribution >= 0.6 is 0 Å². The number of hydroxylamine groups is 1. The van der Waals surface area contributed by atoms with Gasteiger partial charge < -0.3 is 5.73 Å². The van der Waals surface area contributed by atoms with Crippen molar-refractivity contribution in [2.75, 3.05) is 5.06 Å². The molecule has 1 aromatic carbocycles. The van der Waals surface area contributed by atoms with Crippen molar-refractivity contribution in [2.24, 2.45) is 5.73 Å². The standard InChI is InChI=1S/C12H11F3N2O2/c1-7-10(11(16)18)6-17(19-7)9-4-2-8(3-5-9)12(13,14)15/h2-7H,1H3,(H2,16,18). The number of benzene rings is 1. The van der Waals surface area contributed by atoms with Crippen LogP contribution in [0.5, 0.6) is 0 Å². The molecule has 0 saturated carbocycles. The predicted molar refractivity (Wildman–Crippen MR) is 61.7 cm³/mol. The quantitative estimate of drug-likeness (QED) is 0.898. The van der Waals surface area contributed by atoms with Crippen molar-refractivity contribution in [1.82, 2.24) is 0 Å². The smallest absolute Gasteiger partial charge is 0.366 e. The molecule has 7 heteroatoms. The second kappa shape index (κ2) is 4.58. The van der Waals surface area contributed by atoms with Crippen molar-refractivity contribution in [3.63, 3.8) is 0 Å². The van der Waals surface area contributed by atoms with Crippen LogP contribution in [-0.4, -0.2) is 12.0 Å². The highest BCUT2D eigenvalue weighted by Gasteiger charge is 2.31. The van der Waals surface area contributed by atoms with E-state index in [1.165, 1.54) is 23.4 Å². The van der Waals surface area contributed by atoms with E-state index in [0.29, 0.717) is 5.69 Å². The lowest BCUT2D eigenvalue weighted by Crippen LogP contribution is -2.21. The monoisotopic (exact) mass is 272 g/mol. The predicted octanol–water partition coefficient (Wildman–Crippen LogP) is 2.21. The first-order valence-corrected chi connectivity index (χ1v) is 5.44. The van der Waals surface area contributed by atoms with E-state index in [1.807, 2.05) is 0 Å². The summed E-state index contributed by atoms with van der Waals surface area (Å²) in [5.74, 6) is -0.623. The summed E-state index contributed by atoms with van der Waals surface area (Å²) >= 11 is 0. The summed E-state index contributed by atoms with van der Waals surface area (Å²) in [5.41, 5.74) is 5.05. The maximum Gasteiger partial charge on any atom is 0.416 e. The van der Waals surface area contributed by atoms with E-state index in [0.717, 1.165) is 12.1 Å². The van der Waals surface area contributed by atoms with Gasteiger partial charge in [0.05, 0.1) is 16.8 Å². The number of carbonyl (C=O) groups is 1. The fourth-order valence-electron chi connectivity index (χ4n) is 1.69. The normalized spacial score (nSPS) is 19.5. The molecule has 102 valence electrons. The van der Waals surface area contributed by atoms with E-state index in [2.05, 4.69) is 0 Å². The number of halogens is 3. The molecule has 1 unspecified atom stereocenters. The van der Waals surface area contributed by atoms with Crippen LogP contribution in [0, 0.1) is 0 Å². The Morgan fingerprint density at radius 3 is 2.32 bits per heavy atom. The fraction of sp³-hybridized carbons (Fsp3) is 0.250. The third kappa shape index (κ3) is 2.70. The number of hydrogen-bond donors (Lipinski definition) is 1. The summed E-state index contributed by atoms with van der Waals surface area (Å²) in [4.78, 5) is 16.4. The van der Waals surface area contributed by atoms with E-state index in [-0.39, 0.29) is 5.57 Å². The number of nitrogens with two attached hydrogens (primary N) is 1. The maximum atomic E-state index is 12.4. The molecule has 0 bridgehead atoms. The largest absolute Gasteiger partial charge is 0.416 e. The number of nitrogens with zero attached hydrogens (tertiary/aromatic N) is 1. The number of amides is 1.